The summed E-state index contributed by atoms with van der Waals surface area (Å²) in [4.78, 5) is 14.8. The van der Waals surface area contributed by atoms with Gasteiger partial charge in [-0.05, 0) is 19.1 Å². The molecule has 0 bridgehead atoms. The van der Waals surface area contributed by atoms with E-state index in [2.05, 4.69) is 4.98 Å². The summed E-state index contributed by atoms with van der Waals surface area (Å²) in [5, 5.41) is 0.641. The first-order valence-electron chi connectivity index (χ1n) is 4.29. The lowest BCUT2D eigenvalue weighted by Gasteiger charge is -1.98. The van der Waals surface area contributed by atoms with E-state index in [1.165, 1.54) is 0 Å². The molecule has 0 N–H and O–H groups in total. The number of hydrogen-bond donors (Lipinski definition) is 0. The van der Waals surface area contributed by atoms with Crippen LogP contribution in [0.3, 0.4) is 0 Å². The van der Waals surface area contributed by atoms with Crippen LogP contribution in [0, 0.1) is 6.92 Å². The molecule has 3 nitrogen and oxygen atoms in total. The number of halogens is 1. The van der Waals surface area contributed by atoms with Gasteiger partial charge in [0.2, 0.25) is 0 Å². The molecule has 0 radical (unpaired) electrons. The number of carbonyl (C=O) groups is 1. The first-order valence-corrected chi connectivity index (χ1v) is 4.67. The van der Waals surface area contributed by atoms with Gasteiger partial charge in [0, 0.05) is 12.6 Å². The molecule has 2 aromatic heterocycles. The monoisotopic (exact) mass is 208 g/mol. The van der Waals surface area contributed by atoms with Gasteiger partial charge in [0.15, 0.2) is 0 Å². The fourth-order valence-corrected chi connectivity index (χ4v) is 1.67. The fourth-order valence-electron chi connectivity index (χ4n) is 1.51. The molecule has 4 heteroatoms. The summed E-state index contributed by atoms with van der Waals surface area (Å²) >= 11 is 5.86. The van der Waals surface area contributed by atoms with E-state index < -0.39 is 0 Å². The highest BCUT2D eigenvalue weighted by molar-refractivity contribution is 6.30. The van der Waals surface area contributed by atoms with Gasteiger partial charge in [0.05, 0.1) is 16.4 Å². The zero-order valence-electron chi connectivity index (χ0n) is 7.70. The smallest absolute Gasteiger partial charge is 0.137 e. The van der Waals surface area contributed by atoms with Crippen molar-refractivity contribution in [3.05, 3.63) is 34.7 Å². The number of aldehydes is 1. The van der Waals surface area contributed by atoms with Gasteiger partial charge < -0.3 is 9.20 Å². The van der Waals surface area contributed by atoms with Crippen LogP contribution in [0.4, 0.5) is 0 Å². The molecule has 0 aliphatic carbocycles. The van der Waals surface area contributed by atoms with Crippen LogP contribution in [0.2, 0.25) is 5.02 Å². The lowest BCUT2D eigenvalue weighted by Crippen LogP contribution is -1.95. The van der Waals surface area contributed by atoms with E-state index in [1.807, 2.05) is 17.4 Å². The van der Waals surface area contributed by atoms with E-state index in [9.17, 15) is 4.79 Å². The molecule has 0 spiro atoms. The van der Waals surface area contributed by atoms with E-state index in [-0.39, 0.29) is 0 Å². The largest absolute Gasteiger partial charge is 0.303 e. The highest BCUT2D eigenvalue weighted by Gasteiger charge is 2.07. The summed E-state index contributed by atoms with van der Waals surface area (Å²) in [6.07, 6.45) is 3.01. The first-order chi connectivity index (χ1) is 6.72. The van der Waals surface area contributed by atoms with Crippen LogP contribution in [-0.2, 0) is 11.2 Å². The Morgan fingerprint density at radius 3 is 3.07 bits per heavy atom. The number of imidazole rings is 1. The third-order valence-electron chi connectivity index (χ3n) is 2.16. The quantitative estimate of drug-likeness (QED) is 0.708. The van der Waals surface area contributed by atoms with Gasteiger partial charge in [-0.3, -0.25) is 0 Å². The van der Waals surface area contributed by atoms with E-state index in [0.29, 0.717) is 11.4 Å². The van der Waals surface area contributed by atoms with E-state index in [0.717, 1.165) is 23.3 Å². The van der Waals surface area contributed by atoms with Crippen molar-refractivity contribution in [2.24, 2.45) is 0 Å². The van der Waals surface area contributed by atoms with Gasteiger partial charge >= 0.3 is 0 Å². The molecule has 0 unspecified atom stereocenters. The molecule has 72 valence electrons. The van der Waals surface area contributed by atoms with E-state index in [4.69, 9.17) is 11.6 Å². The number of rotatable bonds is 2. The minimum absolute atomic E-state index is 0.368. The number of fused-ring (bicyclic) bond motifs is 1. The second-order valence-corrected chi connectivity index (χ2v) is 3.53. The minimum Gasteiger partial charge on any atom is -0.303 e. The van der Waals surface area contributed by atoms with E-state index in [1.54, 1.807) is 12.3 Å². The van der Waals surface area contributed by atoms with Crippen molar-refractivity contribution in [1.29, 1.82) is 0 Å². The van der Waals surface area contributed by atoms with Gasteiger partial charge in [0.1, 0.15) is 11.9 Å². The maximum Gasteiger partial charge on any atom is 0.137 e. The van der Waals surface area contributed by atoms with Gasteiger partial charge in [-0.25, -0.2) is 4.98 Å². The number of nitrogens with zero attached hydrogens (tertiary/aromatic N) is 2. The lowest BCUT2D eigenvalue weighted by molar-refractivity contribution is -0.107. The molecule has 0 aliphatic heterocycles. The zero-order valence-corrected chi connectivity index (χ0v) is 8.45. The maximum absolute atomic E-state index is 10.5. The van der Waals surface area contributed by atoms with Crippen molar-refractivity contribution >= 4 is 23.5 Å². The average molecular weight is 209 g/mol. The Hall–Kier alpha value is -1.35. The molecule has 0 amide bonds. The van der Waals surface area contributed by atoms with Crippen molar-refractivity contribution in [1.82, 2.24) is 9.38 Å². The third-order valence-corrected chi connectivity index (χ3v) is 2.38. The SMILES string of the molecule is Cc1nc2ccc(Cl)cn2c1CC=O. The Kier molecular flexibility index (Phi) is 2.25. The number of aromatic nitrogens is 2. The van der Waals surface area contributed by atoms with Crippen molar-refractivity contribution in [3.63, 3.8) is 0 Å². The summed E-state index contributed by atoms with van der Waals surface area (Å²) < 4.78 is 1.85. The van der Waals surface area contributed by atoms with Gasteiger partial charge in [-0.1, -0.05) is 11.6 Å². The zero-order chi connectivity index (χ0) is 10.1. The Bertz CT molecular complexity index is 490. The predicted molar refractivity (Wildman–Crippen MR) is 54.7 cm³/mol. The van der Waals surface area contributed by atoms with Crippen LogP contribution in [0.5, 0.6) is 0 Å². The molecule has 0 saturated carbocycles. The van der Waals surface area contributed by atoms with Crippen molar-refractivity contribution < 1.29 is 4.79 Å². The van der Waals surface area contributed by atoms with Crippen LogP contribution in [-0.4, -0.2) is 15.7 Å². The van der Waals surface area contributed by atoms with Crippen LogP contribution >= 0.6 is 11.6 Å². The Morgan fingerprint density at radius 2 is 2.36 bits per heavy atom. The van der Waals surface area contributed by atoms with Gasteiger partial charge in [-0.2, -0.15) is 0 Å². The number of aryl methyl sites for hydroxylation is 1. The third kappa shape index (κ3) is 1.40. The normalized spacial score (nSPS) is 10.7. The highest BCUT2D eigenvalue weighted by atomic mass is 35.5. The molecular formula is C10H9ClN2O. The van der Waals surface area contributed by atoms with Crippen LogP contribution in [0.15, 0.2) is 18.3 Å². The number of carbonyl (C=O) groups excluding carboxylic acids is 1. The summed E-state index contributed by atoms with van der Waals surface area (Å²) in [7, 11) is 0. The molecule has 0 atom stereocenters. The second kappa shape index (κ2) is 3.42. The second-order valence-electron chi connectivity index (χ2n) is 3.09. The first kappa shape index (κ1) is 9.21. The van der Waals surface area contributed by atoms with Crippen molar-refractivity contribution in [2.75, 3.05) is 0 Å². The molecule has 2 heterocycles. The molecule has 14 heavy (non-hydrogen) atoms. The van der Waals surface area contributed by atoms with Gasteiger partial charge in [0.25, 0.3) is 0 Å². The molecular weight excluding hydrogens is 200 g/mol. The van der Waals surface area contributed by atoms with E-state index >= 15 is 0 Å². The van der Waals surface area contributed by atoms with Crippen molar-refractivity contribution in [3.8, 4) is 0 Å². The fraction of sp³-hybridized carbons (Fsp3) is 0.200. The summed E-state index contributed by atoms with van der Waals surface area (Å²) in [6.45, 7) is 1.89. The molecule has 0 saturated heterocycles. The van der Waals surface area contributed by atoms with Crippen molar-refractivity contribution in [2.45, 2.75) is 13.3 Å². The number of pyridine rings is 1. The van der Waals surface area contributed by atoms with Crippen LogP contribution in [0.25, 0.3) is 5.65 Å². The standard InChI is InChI=1S/C10H9ClN2O/c1-7-9(4-5-14)13-6-8(11)2-3-10(13)12-7/h2-3,5-6H,4H2,1H3. The highest BCUT2D eigenvalue weighted by Crippen LogP contribution is 2.15. The van der Waals surface area contributed by atoms with Crippen LogP contribution in [0.1, 0.15) is 11.4 Å². The minimum atomic E-state index is 0.368. The number of hydrogen-bond acceptors (Lipinski definition) is 2. The Labute approximate surface area is 86.3 Å². The Morgan fingerprint density at radius 1 is 1.57 bits per heavy atom. The summed E-state index contributed by atoms with van der Waals surface area (Å²) in [6, 6.07) is 3.62. The Balaban J connectivity index is 2.72. The maximum atomic E-state index is 10.5. The molecule has 2 rings (SSSR count). The van der Waals surface area contributed by atoms with Gasteiger partial charge in [-0.15, -0.1) is 0 Å². The molecule has 0 fully saturated rings. The topological polar surface area (TPSA) is 34.4 Å². The lowest BCUT2D eigenvalue weighted by atomic mass is 10.3. The summed E-state index contributed by atoms with van der Waals surface area (Å²) in [5.41, 5.74) is 2.60. The van der Waals surface area contributed by atoms with Crippen LogP contribution < -0.4 is 0 Å². The summed E-state index contributed by atoms with van der Waals surface area (Å²) in [5.74, 6) is 0. The predicted octanol–water partition coefficient (Wildman–Crippen LogP) is 2.04. The molecule has 2 aromatic rings. The average Bonchev–Trinajstić information content (AvgIpc) is 2.45. The molecule has 0 aromatic carbocycles. The molecule has 0 aliphatic rings.